The van der Waals surface area contributed by atoms with Gasteiger partial charge in [0, 0.05) is 36.3 Å². The Hall–Kier alpha value is -3.25. The first-order chi connectivity index (χ1) is 16.0. The van der Waals surface area contributed by atoms with Gasteiger partial charge in [-0.25, -0.2) is 9.97 Å². The average molecular weight is 445 g/mol. The van der Waals surface area contributed by atoms with Crippen molar-refractivity contribution in [1.29, 1.82) is 0 Å². The van der Waals surface area contributed by atoms with E-state index in [1.54, 1.807) is 7.11 Å². The predicted molar refractivity (Wildman–Crippen MR) is 130 cm³/mol. The van der Waals surface area contributed by atoms with Gasteiger partial charge in [0.1, 0.15) is 17.4 Å². The van der Waals surface area contributed by atoms with Crippen molar-refractivity contribution in [3.63, 3.8) is 0 Å². The lowest BCUT2D eigenvalue weighted by molar-refractivity contribution is -0.118. The highest BCUT2D eigenvalue weighted by molar-refractivity contribution is 5.95. The predicted octanol–water partition coefficient (Wildman–Crippen LogP) is 4.26. The molecule has 2 aromatic carbocycles. The van der Waals surface area contributed by atoms with E-state index in [0.717, 1.165) is 52.7 Å². The van der Waals surface area contributed by atoms with E-state index in [2.05, 4.69) is 49.2 Å². The maximum Gasteiger partial charge on any atom is 0.228 e. The van der Waals surface area contributed by atoms with Gasteiger partial charge in [0.05, 0.1) is 13.7 Å². The van der Waals surface area contributed by atoms with Crippen molar-refractivity contribution in [3.05, 3.63) is 82.3 Å². The Morgan fingerprint density at radius 3 is 2.55 bits per heavy atom. The minimum Gasteiger partial charge on any atom is -0.496 e. The molecule has 0 aliphatic carbocycles. The first kappa shape index (κ1) is 22.9. The molecule has 0 unspecified atom stereocenters. The standard InChI is InChI=1S/C27H32N4O2/c1-19-9-8-12-22(26(19)33-4)17-30(3)18-24-28-20(2)23-13-14-25(32)31(27(23)29-24)16-15-21-10-6-5-7-11-21/h5-12H,13-18H2,1-4H3. The lowest BCUT2D eigenvalue weighted by Crippen LogP contribution is -2.38. The van der Waals surface area contributed by atoms with Gasteiger partial charge < -0.3 is 4.74 Å². The monoisotopic (exact) mass is 444 g/mol. The molecular formula is C27H32N4O2. The van der Waals surface area contributed by atoms with Crippen molar-refractivity contribution in [3.8, 4) is 5.75 Å². The molecule has 0 saturated carbocycles. The molecule has 33 heavy (non-hydrogen) atoms. The number of amides is 1. The maximum atomic E-state index is 12.8. The first-order valence-electron chi connectivity index (χ1n) is 11.5. The minimum absolute atomic E-state index is 0.139. The van der Waals surface area contributed by atoms with Crippen molar-refractivity contribution in [2.75, 3.05) is 25.6 Å². The number of fused-ring (bicyclic) bond motifs is 1. The first-order valence-corrected chi connectivity index (χ1v) is 11.5. The molecule has 172 valence electrons. The molecule has 3 aromatic rings. The number of para-hydroxylation sites is 1. The van der Waals surface area contributed by atoms with Gasteiger partial charge in [0.2, 0.25) is 5.91 Å². The summed E-state index contributed by atoms with van der Waals surface area (Å²) in [5.41, 5.74) is 5.53. The van der Waals surface area contributed by atoms with Crippen LogP contribution in [0.15, 0.2) is 48.5 Å². The quantitative estimate of drug-likeness (QED) is 0.520. The Bertz CT molecular complexity index is 1130. The number of anilines is 1. The lowest BCUT2D eigenvalue weighted by Gasteiger charge is -2.30. The third kappa shape index (κ3) is 5.22. The molecule has 1 aliphatic rings. The fourth-order valence-corrected chi connectivity index (χ4v) is 4.54. The van der Waals surface area contributed by atoms with Crippen LogP contribution in [0.25, 0.3) is 0 Å². The van der Waals surface area contributed by atoms with E-state index in [0.29, 0.717) is 25.9 Å². The van der Waals surface area contributed by atoms with Crippen LogP contribution in [0.3, 0.4) is 0 Å². The Morgan fingerprint density at radius 2 is 1.79 bits per heavy atom. The molecule has 1 aliphatic heterocycles. The number of carbonyl (C=O) groups excluding carboxylic acids is 1. The van der Waals surface area contributed by atoms with Crippen molar-refractivity contribution >= 4 is 11.7 Å². The second-order valence-corrected chi connectivity index (χ2v) is 8.75. The van der Waals surface area contributed by atoms with Gasteiger partial charge >= 0.3 is 0 Å². The molecule has 0 saturated heterocycles. The van der Waals surface area contributed by atoms with E-state index in [9.17, 15) is 4.79 Å². The van der Waals surface area contributed by atoms with Crippen LogP contribution in [0.5, 0.6) is 5.75 Å². The molecule has 2 heterocycles. The zero-order chi connectivity index (χ0) is 23.4. The number of hydrogen-bond acceptors (Lipinski definition) is 5. The highest BCUT2D eigenvalue weighted by Gasteiger charge is 2.28. The van der Waals surface area contributed by atoms with Crippen LogP contribution in [-0.2, 0) is 30.7 Å². The number of hydrogen-bond donors (Lipinski definition) is 0. The summed E-state index contributed by atoms with van der Waals surface area (Å²) in [6.07, 6.45) is 2.02. The normalized spacial score (nSPS) is 13.4. The summed E-state index contributed by atoms with van der Waals surface area (Å²) in [4.78, 5) is 26.5. The van der Waals surface area contributed by atoms with Gasteiger partial charge in [0.25, 0.3) is 0 Å². The van der Waals surface area contributed by atoms with Crippen LogP contribution in [0, 0.1) is 13.8 Å². The van der Waals surface area contributed by atoms with E-state index >= 15 is 0 Å². The van der Waals surface area contributed by atoms with Crippen LogP contribution < -0.4 is 9.64 Å². The fourth-order valence-electron chi connectivity index (χ4n) is 4.54. The smallest absolute Gasteiger partial charge is 0.228 e. The summed E-state index contributed by atoms with van der Waals surface area (Å²) in [6.45, 7) is 6.02. The molecule has 0 N–H and O–H groups in total. The second-order valence-electron chi connectivity index (χ2n) is 8.75. The van der Waals surface area contributed by atoms with Crippen LogP contribution in [0.2, 0.25) is 0 Å². The minimum atomic E-state index is 0.139. The zero-order valence-corrected chi connectivity index (χ0v) is 20.0. The number of benzene rings is 2. The lowest BCUT2D eigenvalue weighted by atomic mass is 10.0. The third-order valence-electron chi connectivity index (χ3n) is 6.20. The molecule has 4 rings (SSSR count). The van der Waals surface area contributed by atoms with Gasteiger partial charge in [-0.2, -0.15) is 0 Å². The van der Waals surface area contributed by atoms with E-state index in [-0.39, 0.29) is 5.91 Å². The number of aryl methyl sites for hydroxylation is 2. The Balaban J connectivity index is 1.53. The largest absolute Gasteiger partial charge is 0.496 e. The van der Waals surface area contributed by atoms with Crippen molar-refractivity contribution in [1.82, 2.24) is 14.9 Å². The van der Waals surface area contributed by atoms with E-state index in [4.69, 9.17) is 14.7 Å². The second kappa shape index (κ2) is 10.1. The summed E-state index contributed by atoms with van der Waals surface area (Å²) in [6, 6.07) is 16.5. The maximum absolute atomic E-state index is 12.8. The summed E-state index contributed by atoms with van der Waals surface area (Å²) in [7, 11) is 3.76. The molecule has 0 bridgehead atoms. The van der Waals surface area contributed by atoms with Gasteiger partial charge in [-0.05, 0) is 44.9 Å². The molecule has 1 aromatic heterocycles. The summed E-state index contributed by atoms with van der Waals surface area (Å²) < 4.78 is 5.61. The molecule has 0 radical (unpaired) electrons. The molecular weight excluding hydrogens is 412 g/mol. The van der Waals surface area contributed by atoms with Gasteiger partial charge in [0.15, 0.2) is 0 Å². The van der Waals surface area contributed by atoms with Gasteiger partial charge in [-0.1, -0.05) is 48.5 Å². The molecule has 0 spiro atoms. The van der Waals surface area contributed by atoms with Crippen LogP contribution in [-0.4, -0.2) is 41.5 Å². The average Bonchev–Trinajstić information content (AvgIpc) is 2.79. The fraction of sp³-hybridized carbons (Fsp3) is 0.370. The molecule has 0 atom stereocenters. The Morgan fingerprint density at radius 1 is 1.00 bits per heavy atom. The molecule has 6 nitrogen and oxygen atoms in total. The van der Waals surface area contributed by atoms with E-state index in [1.165, 1.54) is 5.56 Å². The van der Waals surface area contributed by atoms with Gasteiger partial charge in [-0.3, -0.25) is 14.6 Å². The number of rotatable bonds is 8. The highest BCUT2D eigenvalue weighted by atomic mass is 16.5. The topological polar surface area (TPSA) is 58.6 Å². The van der Waals surface area contributed by atoms with Crippen LogP contribution >= 0.6 is 0 Å². The Labute approximate surface area is 196 Å². The zero-order valence-electron chi connectivity index (χ0n) is 20.0. The summed E-state index contributed by atoms with van der Waals surface area (Å²) in [5.74, 6) is 2.58. The van der Waals surface area contributed by atoms with Crippen LogP contribution in [0.1, 0.15) is 40.2 Å². The molecule has 6 heteroatoms. The van der Waals surface area contributed by atoms with Crippen LogP contribution in [0.4, 0.5) is 5.82 Å². The number of carbonyl (C=O) groups is 1. The van der Waals surface area contributed by atoms with E-state index in [1.807, 2.05) is 30.0 Å². The summed E-state index contributed by atoms with van der Waals surface area (Å²) >= 11 is 0. The summed E-state index contributed by atoms with van der Waals surface area (Å²) in [5, 5.41) is 0. The van der Waals surface area contributed by atoms with Crippen molar-refractivity contribution in [2.24, 2.45) is 0 Å². The SMILES string of the molecule is COc1c(C)cccc1CN(C)Cc1nc(C)c2c(n1)N(CCc1ccccc1)C(=O)CC2. The third-order valence-corrected chi connectivity index (χ3v) is 6.20. The van der Waals surface area contributed by atoms with E-state index < -0.39 is 0 Å². The number of ether oxygens (including phenoxy) is 1. The molecule has 0 fully saturated rings. The van der Waals surface area contributed by atoms with Gasteiger partial charge in [-0.15, -0.1) is 0 Å². The Kier molecular flexibility index (Phi) is 7.04. The van der Waals surface area contributed by atoms with Crippen molar-refractivity contribution < 1.29 is 9.53 Å². The number of aromatic nitrogens is 2. The highest BCUT2D eigenvalue weighted by Crippen LogP contribution is 2.29. The van der Waals surface area contributed by atoms with Crippen molar-refractivity contribution in [2.45, 2.75) is 46.2 Å². The number of methoxy groups -OCH3 is 1. The molecule has 1 amide bonds. The number of nitrogens with zero attached hydrogens (tertiary/aromatic N) is 4.